The highest BCUT2D eigenvalue weighted by molar-refractivity contribution is 5.33. The van der Waals surface area contributed by atoms with Crippen LogP contribution in [0.1, 0.15) is 33.1 Å². The summed E-state index contributed by atoms with van der Waals surface area (Å²) in [6, 6.07) is 0. The van der Waals surface area contributed by atoms with E-state index >= 15 is 0 Å². The van der Waals surface area contributed by atoms with Gasteiger partial charge in [0.15, 0.2) is 5.82 Å². The van der Waals surface area contributed by atoms with Crippen molar-refractivity contribution in [2.45, 2.75) is 33.1 Å². The van der Waals surface area contributed by atoms with Gasteiger partial charge in [-0.1, -0.05) is 25.5 Å². The summed E-state index contributed by atoms with van der Waals surface area (Å²) in [5.41, 5.74) is 0. The van der Waals surface area contributed by atoms with E-state index in [2.05, 4.69) is 34.2 Å². The molecule has 0 unspecified atom stereocenters. The van der Waals surface area contributed by atoms with Crippen molar-refractivity contribution in [3.8, 4) is 0 Å². The number of rotatable bonds is 6. The van der Waals surface area contributed by atoms with Gasteiger partial charge < -0.3 is 4.90 Å². The molecule has 0 aromatic carbocycles. The topological polar surface area (TPSA) is 44.8 Å². The molecule has 0 aliphatic carbocycles. The summed E-state index contributed by atoms with van der Waals surface area (Å²) in [6.07, 6.45) is 5.44. The Morgan fingerprint density at radius 2 is 2.15 bits per heavy atom. The Morgan fingerprint density at radius 1 is 1.31 bits per heavy atom. The van der Waals surface area contributed by atoms with Crippen molar-refractivity contribution in [3.05, 3.63) is 6.20 Å². The quantitative estimate of drug-likeness (QED) is 0.730. The number of aromatic nitrogens is 3. The zero-order valence-corrected chi connectivity index (χ0v) is 8.45. The first-order chi connectivity index (χ1) is 6.38. The van der Waals surface area contributed by atoms with E-state index in [-0.39, 0.29) is 0 Å². The molecule has 0 atom stereocenters. The van der Waals surface area contributed by atoms with Gasteiger partial charge in [-0.15, -0.1) is 5.10 Å². The SMILES string of the molecule is CCCCN(CCC)c1c[nH]nn1. The fraction of sp³-hybridized carbons (Fsp3) is 0.778. The molecule has 0 saturated heterocycles. The predicted molar refractivity (Wildman–Crippen MR) is 53.8 cm³/mol. The summed E-state index contributed by atoms with van der Waals surface area (Å²) < 4.78 is 0. The molecule has 4 heteroatoms. The third-order valence-electron chi connectivity index (χ3n) is 2.00. The second kappa shape index (κ2) is 5.56. The van der Waals surface area contributed by atoms with Crippen LogP contribution in [0.4, 0.5) is 5.82 Å². The van der Waals surface area contributed by atoms with E-state index < -0.39 is 0 Å². The van der Waals surface area contributed by atoms with E-state index in [1.54, 1.807) is 0 Å². The molecule has 4 nitrogen and oxygen atoms in total. The third kappa shape index (κ3) is 3.05. The molecule has 1 rings (SSSR count). The highest BCUT2D eigenvalue weighted by Gasteiger charge is 2.06. The zero-order valence-electron chi connectivity index (χ0n) is 8.45. The first-order valence-corrected chi connectivity index (χ1v) is 4.99. The van der Waals surface area contributed by atoms with Crippen LogP contribution in [0.15, 0.2) is 6.20 Å². The van der Waals surface area contributed by atoms with Crippen molar-refractivity contribution in [2.24, 2.45) is 0 Å². The summed E-state index contributed by atoms with van der Waals surface area (Å²) >= 11 is 0. The molecule has 0 aliphatic heterocycles. The minimum absolute atomic E-state index is 0.968. The number of nitrogens with one attached hydrogen (secondary N) is 1. The minimum atomic E-state index is 0.968. The largest absolute Gasteiger partial charge is 0.354 e. The summed E-state index contributed by atoms with van der Waals surface area (Å²) in [6.45, 7) is 6.52. The second-order valence-corrected chi connectivity index (χ2v) is 3.17. The van der Waals surface area contributed by atoms with Gasteiger partial charge in [0.05, 0.1) is 6.20 Å². The minimum Gasteiger partial charge on any atom is -0.354 e. The molecule has 0 radical (unpaired) electrons. The molecule has 0 bridgehead atoms. The number of H-pyrrole nitrogens is 1. The molecule has 1 aromatic heterocycles. The molecule has 1 N–H and O–H groups in total. The van der Waals surface area contributed by atoms with Crippen LogP contribution in [-0.4, -0.2) is 28.5 Å². The molecule has 0 amide bonds. The Morgan fingerprint density at radius 3 is 2.69 bits per heavy atom. The third-order valence-corrected chi connectivity index (χ3v) is 2.00. The Balaban J connectivity index is 2.47. The number of anilines is 1. The van der Waals surface area contributed by atoms with Crippen molar-refractivity contribution < 1.29 is 0 Å². The highest BCUT2D eigenvalue weighted by Crippen LogP contribution is 2.08. The normalized spacial score (nSPS) is 10.3. The summed E-state index contributed by atoms with van der Waals surface area (Å²) in [7, 11) is 0. The molecule has 0 fully saturated rings. The smallest absolute Gasteiger partial charge is 0.170 e. The molecule has 13 heavy (non-hydrogen) atoms. The Hall–Kier alpha value is -1.06. The van der Waals surface area contributed by atoms with Gasteiger partial charge in [-0.25, -0.2) is 0 Å². The van der Waals surface area contributed by atoms with Gasteiger partial charge in [0.2, 0.25) is 0 Å². The van der Waals surface area contributed by atoms with Gasteiger partial charge in [0.25, 0.3) is 0 Å². The van der Waals surface area contributed by atoms with Crippen LogP contribution in [0.25, 0.3) is 0 Å². The maximum Gasteiger partial charge on any atom is 0.170 e. The van der Waals surface area contributed by atoms with Crippen LogP contribution < -0.4 is 4.90 Å². The molecule has 1 aromatic rings. The van der Waals surface area contributed by atoms with Crippen LogP contribution in [0, 0.1) is 0 Å². The van der Waals surface area contributed by atoms with E-state index in [1.807, 2.05) is 6.20 Å². The molecule has 0 spiro atoms. The molecule has 0 saturated carbocycles. The first kappa shape index (κ1) is 10.0. The van der Waals surface area contributed by atoms with Crippen LogP contribution in [0.2, 0.25) is 0 Å². The number of hydrogen-bond donors (Lipinski definition) is 1. The zero-order chi connectivity index (χ0) is 9.52. The van der Waals surface area contributed by atoms with Crippen molar-refractivity contribution in [1.82, 2.24) is 15.4 Å². The number of nitrogens with zero attached hydrogens (tertiary/aromatic N) is 3. The number of aromatic amines is 1. The van der Waals surface area contributed by atoms with Crippen molar-refractivity contribution in [3.63, 3.8) is 0 Å². The fourth-order valence-electron chi connectivity index (χ4n) is 1.31. The summed E-state index contributed by atoms with van der Waals surface area (Å²) in [5.74, 6) is 0.968. The van der Waals surface area contributed by atoms with Crippen LogP contribution >= 0.6 is 0 Å². The maximum atomic E-state index is 4.01. The van der Waals surface area contributed by atoms with Crippen molar-refractivity contribution in [1.29, 1.82) is 0 Å². The lowest BCUT2D eigenvalue weighted by Crippen LogP contribution is -2.25. The lowest BCUT2D eigenvalue weighted by molar-refractivity contribution is 0.695. The fourth-order valence-corrected chi connectivity index (χ4v) is 1.31. The average molecular weight is 182 g/mol. The number of unbranched alkanes of at least 4 members (excludes halogenated alkanes) is 1. The summed E-state index contributed by atoms with van der Waals surface area (Å²) in [5, 5.41) is 10.5. The molecular weight excluding hydrogens is 164 g/mol. The predicted octanol–water partition coefficient (Wildman–Crippen LogP) is 1.82. The van der Waals surface area contributed by atoms with E-state index in [4.69, 9.17) is 0 Å². The second-order valence-electron chi connectivity index (χ2n) is 3.17. The molecule has 1 heterocycles. The first-order valence-electron chi connectivity index (χ1n) is 4.99. The van der Waals surface area contributed by atoms with Gasteiger partial charge in [-0.05, 0) is 12.8 Å². The van der Waals surface area contributed by atoms with E-state index in [0.29, 0.717) is 0 Å². The lowest BCUT2D eigenvalue weighted by Gasteiger charge is -2.20. The van der Waals surface area contributed by atoms with Crippen molar-refractivity contribution in [2.75, 3.05) is 18.0 Å². The Bertz CT molecular complexity index is 207. The van der Waals surface area contributed by atoms with Gasteiger partial charge in [-0.3, -0.25) is 5.10 Å². The molecular formula is C9H18N4. The van der Waals surface area contributed by atoms with E-state index in [1.165, 1.54) is 12.8 Å². The standard InChI is InChI=1S/C9H18N4/c1-3-5-7-13(6-4-2)9-8-10-12-11-9/h8H,3-7H2,1-2H3,(H,10,11,12). The van der Waals surface area contributed by atoms with E-state index in [9.17, 15) is 0 Å². The van der Waals surface area contributed by atoms with Crippen LogP contribution in [0.5, 0.6) is 0 Å². The highest BCUT2D eigenvalue weighted by atomic mass is 15.4. The Labute approximate surface area is 79.3 Å². The van der Waals surface area contributed by atoms with Crippen LogP contribution in [-0.2, 0) is 0 Å². The van der Waals surface area contributed by atoms with Crippen molar-refractivity contribution >= 4 is 5.82 Å². The lowest BCUT2D eigenvalue weighted by atomic mass is 10.3. The Kier molecular flexibility index (Phi) is 4.29. The molecule has 0 aliphatic rings. The van der Waals surface area contributed by atoms with Crippen LogP contribution in [0.3, 0.4) is 0 Å². The average Bonchev–Trinajstić information content (AvgIpc) is 2.65. The summed E-state index contributed by atoms with van der Waals surface area (Å²) in [4.78, 5) is 2.27. The van der Waals surface area contributed by atoms with Gasteiger partial charge in [-0.2, -0.15) is 0 Å². The number of hydrogen-bond acceptors (Lipinski definition) is 3. The van der Waals surface area contributed by atoms with Gasteiger partial charge >= 0.3 is 0 Å². The van der Waals surface area contributed by atoms with Gasteiger partial charge in [0, 0.05) is 13.1 Å². The van der Waals surface area contributed by atoms with Gasteiger partial charge in [0.1, 0.15) is 0 Å². The maximum absolute atomic E-state index is 4.01. The monoisotopic (exact) mass is 182 g/mol. The molecule has 74 valence electrons. The van der Waals surface area contributed by atoms with E-state index in [0.717, 1.165) is 25.3 Å².